The van der Waals surface area contributed by atoms with Crippen molar-refractivity contribution in [3.05, 3.63) is 34.9 Å². The monoisotopic (exact) mass is 597 g/mol. The molecule has 2 unspecified atom stereocenters. The zero-order valence-corrected chi connectivity index (χ0v) is 26.2. The van der Waals surface area contributed by atoms with Crippen LogP contribution < -0.4 is 0 Å². The topological polar surface area (TPSA) is 156 Å². The van der Waals surface area contributed by atoms with E-state index >= 15 is 0 Å². The van der Waals surface area contributed by atoms with E-state index in [0.717, 1.165) is 24.0 Å². The fourth-order valence-electron chi connectivity index (χ4n) is 5.48. The molecule has 1 aliphatic rings. The van der Waals surface area contributed by atoms with Crippen molar-refractivity contribution in [1.82, 2.24) is 4.90 Å². The maximum absolute atomic E-state index is 12.7. The molecule has 11 nitrogen and oxygen atoms in total. The van der Waals surface area contributed by atoms with Gasteiger partial charge < -0.3 is 18.9 Å². The van der Waals surface area contributed by atoms with Gasteiger partial charge in [-0.15, -0.1) is 0 Å². The van der Waals surface area contributed by atoms with E-state index in [1.807, 2.05) is 12.1 Å². The van der Waals surface area contributed by atoms with Gasteiger partial charge in [0, 0.05) is 11.1 Å². The first-order valence-electron chi connectivity index (χ1n) is 14.5. The van der Waals surface area contributed by atoms with Crippen molar-refractivity contribution in [2.24, 2.45) is 11.8 Å². The molecule has 0 bridgehead atoms. The molecule has 1 aromatic rings. The predicted octanol–water partition coefficient (Wildman–Crippen LogP) is 4.33. The van der Waals surface area contributed by atoms with Crippen LogP contribution in [-0.4, -0.2) is 60.1 Å². The van der Waals surface area contributed by atoms with Gasteiger partial charge >= 0.3 is 23.9 Å². The van der Waals surface area contributed by atoms with Crippen LogP contribution in [0.5, 0.6) is 0 Å². The average Bonchev–Trinajstić information content (AvgIpc) is 2.95. The molecule has 0 aromatic heterocycles. The highest BCUT2D eigenvalue weighted by atomic mass is 16.5. The first-order valence-corrected chi connectivity index (χ1v) is 14.5. The molecule has 2 atom stereocenters. The van der Waals surface area contributed by atoms with Crippen LogP contribution in [0.4, 0.5) is 0 Å². The standard InChI is InChI=1S/C32H43N3O8/c1-8-40-27(36)13-23(17-33)29(38)42-19-21-10-11-22(20-43-30(39)24(18-34)14-28(37)41-9-2)26(12-21)25-15-31(3,4)35(7)32(5,6)16-25/h10-12,23-25H,8-9,13-16,19-20H2,1-7H3. The summed E-state index contributed by atoms with van der Waals surface area (Å²) in [7, 11) is 2.10. The van der Waals surface area contributed by atoms with Gasteiger partial charge in [-0.25, -0.2) is 0 Å². The van der Waals surface area contributed by atoms with Gasteiger partial charge in [0.05, 0.1) is 38.2 Å². The smallest absolute Gasteiger partial charge is 0.324 e. The van der Waals surface area contributed by atoms with Crippen LogP contribution in [0.1, 0.15) is 89.8 Å². The SMILES string of the molecule is CCOC(=O)CC(C#N)C(=O)OCc1ccc(COC(=O)C(C#N)CC(=O)OCC)c(C2CC(C)(C)N(C)C(C)(C)C2)c1. The number of piperidine rings is 1. The van der Waals surface area contributed by atoms with Crippen molar-refractivity contribution < 1.29 is 38.1 Å². The summed E-state index contributed by atoms with van der Waals surface area (Å²) in [5.41, 5.74) is 2.01. The van der Waals surface area contributed by atoms with E-state index in [9.17, 15) is 29.7 Å². The summed E-state index contributed by atoms with van der Waals surface area (Å²) < 4.78 is 20.6. The molecule has 0 spiro atoms. The Hall–Kier alpha value is -3.96. The summed E-state index contributed by atoms with van der Waals surface area (Å²) >= 11 is 0. The summed E-state index contributed by atoms with van der Waals surface area (Å²) in [6, 6.07) is 9.05. The Balaban J connectivity index is 2.31. The normalized spacial score (nSPS) is 17.4. The summed E-state index contributed by atoms with van der Waals surface area (Å²) in [6.45, 7) is 12.0. The lowest BCUT2D eigenvalue weighted by Gasteiger charge is -2.54. The largest absolute Gasteiger partial charge is 0.466 e. The lowest BCUT2D eigenvalue weighted by molar-refractivity contribution is -0.154. The minimum absolute atomic E-state index is 0.0625. The zero-order chi connectivity index (χ0) is 32.4. The van der Waals surface area contributed by atoms with Crippen molar-refractivity contribution in [3.8, 4) is 12.1 Å². The molecule has 11 heteroatoms. The Labute approximate surface area is 254 Å². The first-order chi connectivity index (χ1) is 20.2. The summed E-state index contributed by atoms with van der Waals surface area (Å²) in [5, 5.41) is 18.8. The quantitative estimate of drug-likeness (QED) is 0.236. The van der Waals surface area contributed by atoms with Crippen molar-refractivity contribution in [3.63, 3.8) is 0 Å². The molecule has 0 saturated carbocycles. The van der Waals surface area contributed by atoms with E-state index < -0.39 is 48.6 Å². The number of benzene rings is 1. The number of likely N-dealkylation sites (tertiary alicyclic amines) is 1. The third-order valence-corrected chi connectivity index (χ3v) is 7.94. The zero-order valence-electron chi connectivity index (χ0n) is 26.2. The van der Waals surface area contributed by atoms with Gasteiger partial charge in [-0.05, 0) is 84.0 Å². The molecule has 1 saturated heterocycles. The van der Waals surface area contributed by atoms with Gasteiger partial charge in [-0.1, -0.05) is 18.2 Å². The summed E-state index contributed by atoms with van der Waals surface area (Å²) in [6.07, 6.45) is 0.823. The molecule has 43 heavy (non-hydrogen) atoms. The molecule has 1 heterocycles. The van der Waals surface area contributed by atoms with E-state index in [0.29, 0.717) is 5.56 Å². The molecule has 0 aliphatic carbocycles. The highest BCUT2D eigenvalue weighted by Gasteiger charge is 2.44. The predicted molar refractivity (Wildman–Crippen MR) is 155 cm³/mol. The molecule has 0 amide bonds. The third-order valence-electron chi connectivity index (χ3n) is 7.94. The van der Waals surface area contributed by atoms with Crippen LogP contribution >= 0.6 is 0 Å². The van der Waals surface area contributed by atoms with E-state index in [4.69, 9.17) is 18.9 Å². The Morgan fingerprint density at radius 1 is 0.837 bits per heavy atom. The molecule has 0 radical (unpaired) electrons. The van der Waals surface area contributed by atoms with Crippen LogP contribution in [0.3, 0.4) is 0 Å². The second-order valence-corrected chi connectivity index (χ2v) is 11.9. The maximum Gasteiger partial charge on any atom is 0.324 e. The average molecular weight is 598 g/mol. The third kappa shape index (κ3) is 9.79. The van der Waals surface area contributed by atoms with Crippen molar-refractivity contribution in [2.45, 2.75) is 97.4 Å². The van der Waals surface area contributed by atoms with Gasteiger partial charge in [0.1, 0.15) is 13.2 Å². The van der Waals surface area contributed by atoms with E-state index in [-0.39, 0.29) is 43.4 Å². The fraction of sp³-hybridized carbons (Fsp3) is 0.625. The van der Waals surface area contributed by atoms with Gasteiger partial charge in [0.2, 0.25) is 0 Å². The van der Waals surface area contributed by atoms with Crippen molar-refractivity contribution >= 4 is 23.9 Å². The number of nitrogens with zero attached hydrogens (tertiary/aromatic N) is 3. The number of carbonyl (C=O) groups is 4. The molecular formula is C32H43N3O8. The second-order valence-electron chi connectivity index (χ2n) is 11.9. The number of rotatable bonds is 13. The number of hydrogen-bond donors (Lipinski definition) is 0. The maximum atomic E-state index is 12.7. The van der Waals surface area contributed by atoms with Crippen LogP contribution in [0.2, 0.25) is 0 Å². The number of ether oxygens (including phenoxy) is 4. The number of hydrogen-bond acceptors (Lipinski definition) is 11. The summed E-state index contributed by atoms with van der Waals surface area (Å²) in [4.78, 5) is 51.2. The number of esters is 4. The van der Waals surface area contributed by atoms with Gasteiger partial charge in [0.15, 0.2) is 11.8 Å². The van der Waals surface area contributed by atoms with Gasteiger partial charge in [0.25, 0.3) is 0 Å². The minimum Gasteiger partial charge on any atom is -0.466 e. The lowest BCUT2D eigenvalue weighted by Crippen LogP contribution is -2.58. The number of carbonyl (C=O) groups excluding carboxylic acids is 4. The highest BCUT2D eigenvalue weighted by Crippen LogP contribution is 2.45. The Morgan fingerprint density at radius 2 is 1.30 bits per heavy atom. The lowest BCUT2D eigenvalue weighted by atomic mass is 9.70. The van der Waals surface area contributed by atoms with Gasteiger partial charge in [-0.3, -0.25) is 24.1 Å². The highest BCUT2D eigenvalue weighted by molar-refractivity contribution is 5.82. The molecule has 1 fully saturated rings. The fourth-order valence-corrected chi connectivity index (χ4v) is 5.48. The molecule has 1 aromatic carbocycles. The van der Waals surface area contributed by atoms with E-state index in [1.165, 1.54) is 0 Å². The molecule has 234 valence electrons. The van der Waals surface area contributed by atoms with Crippen molar-refractivity contribution in [2.75, 3.05) is 20.3 Å². The van der Waals surface area contributed by atoms with Crippen molar-refractivity contribution in [1.29, 1.82) is 10.5 Å². The van der Waals surface area contributed by atoms with Gasteiger partial charge in [-0.2, -0.15) is 10.5 Å². The van der Waals surface area contributed by atoms with Crippen LogP contribution in [0.15, 0.2) is 18.2 Å². The minimum atomic E-state index is -1.29. The van der Waals surface area contributed by atoms with Crippen LogP contribution in [0.25, 0.3) is 0 Å². The summed E-state index contributed by atoms with van der Waals surface area (Å²) in [5.74, 6) is -5.44. The Kier molecular flexibility index (Phi) is 12.7. The van der Waals surface area contributed by atoms with Crippen LogP contribution in [0, 0.1) is 34.5 Å². The van der Waals surface area contributed by atoms with Crippen LogP contribution in [-0.2, 0) is 51.3 Å². The van der Waals surface area contributed by atoms with E-state index in [2.05, 4.69) is 39.6 Å². The molecule has 2 rings (SSSR count). The Morgan fingerprint density at radius 3 is 1.74 bits per heavy atom. The molecule has 0 N–H and O–H groups in total. The first kappa shape index (κ1) is 35.2. The number of nitriles is 2. The molecular weight excluding hydrogens is 554 g/mol. The Bertz CT molecular complexity index is 1240. The second kappa shape index (κ2) is 15.5. The molecule has 1 aliphatic heterocycles. The van der Waals surface area contributed by atoms with E-state index in [1.54, 1.807) is 32.0 Å².